The molecule has 0 bridgehead atoms. The van der Waals surface area contributed by atoms with Gasteiger partial charge in [0.25, 0.3) is 0 Å². The minimum absolute atomic E-state index is 0.0382. The van der Waals surface area contributed by atoms with Crippen LogP contribution in [0.15, 0.2) is 48.5 Å². The first-order chi connectivity index (χ1) is 15.0. The van der Waals surface area contributed by atoms with Crippen LogP contribution in [0.25, 0.3) is 0 Å². The van der Waals surface area contributed by atoms with Crippen LogP contribution in [0.5, 0.6) is 11.5 Å². The average Bonchev–Trinajstić information content (AvgIpc) is 2.70. The molecule has 0 spiro atoms. The zero-order valence-electron chi connectivity index (χ0n) is 19.1. The normalized spacial score (nSPS) is 14.0. The van der Waals surface area contributed by atoms with Gasteiger partial charge in [-0.1, -0.05) is 36.4 Å². The van der Waals surface area contributed by atoms with Crippen molar-refractivity contribution in [3.63, 3.8) is 0 Å². The molecule has 0 heterocycles. The highest BCUT2D eigenvalue weighted by Crippen LogP contribution is 2.43. The molecular formula is C25H34O7. The Labute approximate surface area is 189 Å². The summed E-state index contributed by atoms with van der Waals surface area (Å²) in [4.78, 5) is 14.1. The lowest BCUT2D eigenvalue weighted by Gasteiger charge is -2.37. The molecule has 7 nitrogen and oxygen atoms in total. The molecule has 0 saturated carbocycles. The van der Waals surface area contributed by atoms with Crippen molar-refractivity contribution >= 4 is 5.78 Å². The second kappa shape index (κ2) is 10.9. The van der Waals surface area contributed by atoms with Gasteiger partial charge in [0, 0.05) is 11.1 Å². The lowest BCUT2D eigenvalue weighted by molar-refractivity contribution is -0.132. The van der Waals surface area contributed by atoms with Crippen molar-refractivity contribution in [3.8, 4) is 11.5 Å². The van der Waals surface area contributed by atoms with Crippen LogP contribution in [0.3, 0.4) is 0 Å². The van der Waals surface area contributed by atoms with Gasteiger partial charge in [-0.2, -0.15) is 0 Å². The fourth-order valence-corrected chi connectivity index (χ4v) is 3.94. The molecule has 0 saturated heterocycles. The highest BCUT2D eigenvalue weighted by atomic mass is 16.5. The number of rotatable bonds is 12. The molecule has 0 aromatic heterocycles. The van der Waals surface area contributed by atoms with Gasteiger partial charge in [-0.3, -0.25) is 4.79 Å². The van der Waals surface area contributed by atoms with Gasteiger partial charge in [0.2, 0.25) is 0 Å². The summed E-state index contributed by atoms with van der Waals surface area (Å²) in [5.74, 6) is -1.74. The number of benzene rings is 2. The van der Waals surface area contributed by atoms with E-state index in [1.165, 1.54) is 27.7 Å². The SMILES string of the molecule is CC(C)(O)C(C(=O)C(c1ccccc1OCCO)C(C)(C)O)c1ccccc1OCCO. The van der Waals surface area contributed by atoms with Crippen LogP contribution in [0.1, 0.15) is 50.7 Å². The van der Waals surface area contributed by atoms with Gasteiger partial charge in [0.05, 0.1) is 36.3 Å². The molecule has 0 aliphatic rings. The van der Waals surface area contributed by atoms with Crippen LogP contribution in [-0.2, 0) is 4.79 Å². The number of ether oxygens (including phenoxy) is 2. The molecule has 4 N–H and O–H groups in total. The van der Waals surface area contributed by atoms with E-state index in [0.29, 0.717) is 22.6 Å². The van der Waals surface area contributed by atoms with Crippen LogP contribution >= 0.6 is 0 Å². The van der Waals surface area contributed by atoms with Crippen LogP contribution in [0, 0.1) is 0 Å². The minimum Gasteiger partial charge on any atom is -0.491 e. The van der Waals surface area contributed by atoms with E-state index >= 15 is 0 Å². The number of hydrogen-bond donors (Lipinski definition) is 4. The first-order valence-corrected chi connectivity index (χ1v) is 10.7. The molecule has 2 aromatic carbocycles. The van der Waals surface area contributed by atoms with Gasteiger partial charge in [0.1, 0.15) is 24.7 Å². The van der Waals surface area contributed by atoms with E-state index in [1.54, 1.807) is 48.5 Å². The Morgan fingerprint density at radius 2 is 1.09 bits per heavy atom. The molecule has 0 aliphatic carbocycles. The number of aliphatic hydroxyl groups excluding tert-OH is 2. The predicted octanol–water partition coefficient (Wildman–Crippen LogP) is 2.41. The van der Waals surface area contributed by atoms with E-state index in [4.69, 9.17) is 19.7 Å². The van der Waals surface area contributed by atoms with E-state index in [9.17, 15) is 15.0 Å². The number of ketones is 1. The fourth-order valence-electron chi connectivity index (χ4n) is 3.94. The van der Waals surface area contributed by atoms with Crippen molar-refractivity contribution in [1.29, 1.82) is 0 Å². The molecule has 2 atom stereocenters. The molecule has 2 aromatic rings. The first-order valence-electron chi connectivity index (χ1n) is 10.7. The highest BCUT2D eigenvalue weighted by molar-refractivity contribution is 5.95. The summed E-state index contributed by atoms with van der Waals surface area (Å²) in [7, 11) is 0. The van der Waals surface area contributed by atoms with E-state index < -0.39 is 28.8 Å². The van der Waals surface area contributed by atoms with Gasteiger partial charge in [-0.05, 0) is 39.8 Å². The summed E-state index contributed by atoms with van der Waals surface area (Å²) in [5, 5.41) is 40.4. The lowest BCUT2D eigenvalue weighted by Crippen LogP contribution is -2.44. The largest absolute Gasteiger partial charge is 0.491 e. The zero-order chi connectivity index (χ0) is 23.9. The number of aliphatic hydroxyl groups is 4. The zero-order valence-corrected chi connectivity index (χ0v) is 19.1. The second-order valence-electron chi connectivity index (χ2n) is 8.80. The smallest absolute Gasteiger partial charge is 0.153 e. The van der Waals surface area contributed by atoms with Crippen LogP contribution in [0.4, 0.5) is 0 Å². The van der Waals surface area contributed by atoms with Crippen LogP contribution < -0.4 is 9.47 Å². The van der Waals surface area contributed by atoms with Crippen LogP contribution in [0.2, 0.25) is 0 Å². The standard InChI is InChI=1S/C25H34O7/c1-24(2,29)21(17-9-5-7-11-19(17)31-15-13-26)23(28)22(25(3,4)30)18-10-6-8-12-20(18)32-16-14-27/h5-12,21-22,26-27,29-30H,13-16H2,1-4H3. The predicted molar refractivity (Wildman–Crippen MR) is 121 cm³/mol. The number of carbonyl (C=O) groups excluding carboxylic acids is 1. The number of Topliss-reactive ketones (excluding diaryl/α,β-unsaturated/α-hetero) is 1. The summed E-state index contributed by atoms with van der Waals surface area (Å²) in [6.07, 6.45) is 0. The number of hydrogen-bond acceptors (Lipinski definition) is 7. The summed E-state index contributed by atoms with van der Waals surface area (Å²) < 4.78 is 11.3. The van der Waals surface area contributed by atoms with Gasteiger partial charge < -0.3 is 29.9 Å². The summed E-state index contributed by atoms with van der Waals surface area (Å²) >= 11 is 0. The quantitative estimate of drug-likeness (QED) is 0.396. The molecule has 176 valence electrons. The van der Waals surface area contributed by atoms with Crippen molar-refractivity contribution < 1.29 is 34.7 Å². The molecule has 2 unspecified atom stereocenters. The summed E-state index contributed by atoms with van der Waals surface area (Å²) in [6.45, 7) is 5.83. The highest BCUT2D eigenvalue weighted by Gasteiger charge is 2.46. The molecule has 7 heteroatoms. The maximum atomic E-state index is 14.1. The van der Waals surface area contributed by atoms with Crippen molar-refractivity contribution in [2.24, 2.45) is 0 Å². The van der Waals surface area contributed by atoms with E-state index in [1.807, 2.05) is 0 Å². The van der Waals surface area contributed by atoms with E-state index in [0.717, 1.165) is 0 Å². The minimum atomic E-state index is -1.49. The summed E-state index contributed by atoms with van der Waals surface area (Å²) in [6, 6.07) is 13.7. The lowest BCUT2D eigenvalue weighted by atomic mass is 9.70. The van der Waals surface area contributed by atoms with E-state index in [2.05, 4.69) is 0 Å². The Balaban J connectivity index is 2.64. The molecule has 0 radical (unpaired) electrons. The second-order valence-corrected chi connectivity index (χ2v) is 8.80. The third kappa shape index (κ3) is 6.29. The molecule has 2 rings (SSSR count). The van der Waals surface area contributed by atoms with Crippen molar-refractivity contribution in [2.75, 3.05) is 26.4 Å². The van der Waals surface area contributed by atoms with E-state index in [-0.39, 0.29) is 26.4 Å². The summed E-state index contributed by atoms with van der Waals surface area (Å²) in [5.41, 5.74) is -2.05. The third-order valence-electron chi connectivity index (χ3n) is 5.14. The van der Waals surface area contributed by atoms with Crippen LogP contribution in [-0.4, -0.2) is 63.8 Å². The third-order valence-corrected chi connectivity index (χ3v) is 5.14. The Morgan fingerprint density at radius 3 is 1.41 bits per heavy atom. The maximum absolute atomic E-state index is 14.1. The van der Waals surface area contributed by atoms with Crippen molar-refractivity contribution in [1.82, 2.24) is 0 Å². The van der Waals surface area contributed by atoms with Crippen molar-refractivity contribution in [3.05, 3.63) is 59.7 Å². The van der Waals surface area contributed by atoms with Gasteiger partial charge in [-0.15, -0.1) is 0 Å². The molecule has 0 amide bonds. The van der Waals surface area contributed by atoms with Crippen molar-refractivity contribution in [2.45, 2.75) is 50.7 Å². The molecular weight excluding hydrogens is 412 g/mol. The maximum Gasteiger partial charge on any atom is 0.153 e. The fraction of sp³-hybridized carbons (Fsp3) is 0.480. The monoisotopic (exact) mass is 446 g/mol. The number of carbonyl (C=O) groups is 1. The van der Waals surface area contributed by atoms with Gasteiger partial charge >= 0.3 is 0 Å². The Hall–Kier alpha value is -2.45. The molecule has 0 aliphatic heterocycles. The molecule has 32 heavy (non-hydrogen) atoms. The first kappa shape index (κ1) is 25.8. The number of para-hydroxylation sites is 2. The Bertz CT molecular complexity index is 809. The topological polar surface area (TPSA) is 116 Å². The molecule has 0 fully saturated rings. The van der Waals surface area contributed by atoms with Gasteiger partial charge in [-0.25, -0.2) is 0 Å². The Morgan fingerprint density at radius 1 is 0.750 bits per heavy atom. The Kier molecular flexibility index (Phi) is 8.81. The van der Waals surface area contributed by atoms with Gasteiger partial charge in [0.15, 0.2) is 5.78 Å². The average molecular weight is 447 g/mol.